The minimum absolute atomic E-state index is 0.0111. The summed E-state index contributed by atoms with van der Waals surface area (Å²) in [6.07, 6.45) is 2.05. The molecule has 0 aromatic heterocycles. The van der Waals surface area contributed by atoms with E-state index in [0.717, 1.165) is 18.4 Å². The van der Waals surface area contributed by atoms with Gasteiger partial charge in [0.25, 0.3) is 0 Å². The third-order valence-electron chi connectivity index (χ3n) is 4.60. The van der Waals surface area contributed by atoms with Crippen LogP contribution in [0, 0.1) is 12.8 Å². The van der Waals surface area contributed by atoms with E-state index in [-0.39, 0.29) is 11.8 Å². The molecule has 1 unspecified atom stereocenters. The summed E-state index contributed by atoms with van der Waals surface area (Å²) < 4.78 is 0. The van der Waals surface area contributed by atoms with E-state index in [9.17, 15) is 14.7 Å². The van der Waals surface area contributed by atoms with Crippen LogP contribution in [-0.2, 0) is 16.1 Å². The molecule has 1 atom stereocenters. The second-order valence-corrected chi connectivity index (χ2v) is 6.28. The third kappa shape index (κ3) is 4.79. The fourth-order valence-electron chi connectivity index (χ4n) is 3.10. The number of hydrogen-bond acceptors (Lipinski definition) is 3. The summed E-state index contributed by atoms with van der Waals surface area (Å²) in [4.78, 5) is 25.5. The number of aliphatic carboxylic acids is 1. The summed E-state index contributed by atoms with van der Waals surface area (Å²) in [5, 5.41) is 12.2. The Balaban J connectivity index is 1.79. The number of piperidine rings is 1. The molecule has 0 saturated carbocycles. The lowest BCUT2D eigenvalue weighted by Gasteiger charge is -2.34. The lowest BCUT2D eigenvalue weighted by Crippen LogP contribution is -2.47. The number of carboxylic acid groups (broad SMARTS) is 1. The Morgan fingerprint density at radius 2 is 1.87 bits per heavy atom. The number of aryl methyl sites for hydroxylation is 1. The zero-order chi connectivity index (χ0) is 16.8. The van der Waals surface area contributed by atoms with E-state index in [1.54, 1.807) is 0 Å². The number of likely N-dealkylation sites (tertiary alicyclic amines) is 1. The van der Waals surface area contributed by atoms with Gasteiger partial charge in [-0.05, 0) is 44.8 Å². The molecule has 1 aliphatic heterocycles. The highest BCUT2D eigenvalue weighted by Crippen LogP contribution is 2.20. The van der Waals surface area contributed by atoms with E-state index < -0.39 is 12.0 Å². The quantitative estimate of drug-likeness (QED) is 0.843. The number of carboxylic acids is 1. The summed E-state index contributed by atoms with van der Waals surface area (Å²) in [5.41, 5.74) is 2.30. The molecular weight excluding hydrogens is 292 g/mol. The number of benzene rings is 1. The van der Waals surface area contributed by atoms with Gasteiger partial charge in [0.05, 0.1) is 0 Å². The van der Waals surface area contributed by atoms with Gasteiger partial charge < -0.3 is 10.4 Å². The number of nitrogens with one attached hydrogen (secondary N) is 1. The lowest BCUT2D eigenvalue weighted by molar-refractivity contribution is -0.144. The lowest BCUT2D eigenvalue weighted by atomic mass is 9.94. The van der Waals surface area contributed by atoms with Gasteiger partial charge in [-0.1, -0.05) is 36.8 Å². The Hall–Kier alpha value is -1.88. The van der Waals surface area contributed by atoms with Gasteiger partial charge in [0, 0.05) is 12.5 Å². The highest BCUT2D eigenvalue weighted by atomic mass is 16.4. The third-order valence-corrected chi connectivity index (χ3v) is 4.60. The van der Waals surface area contributed by atoms with Crippen molar-refractivity contribution in [2.24, 2.45) is 5.92 Å². The minimum atomic E-state index is -0.769. The Labute approximate surface area is 137 Å². The predicted molar refractivity (Wildman–Crippen MR) is 89.0 cm³/mol. The maximum absolute atomic E-state index is 12.3. The molecule has 2 rings (SSSR count). The van der Waals surface area contributed by atoms with E-state index in [0.29, 0.717) is 26.1 Å². The Morgan fingerprint density at radius 1 is 1.26 bits per heavy atom. The average molecular weight is 318 g/mol. The highest BCUT2D eigenvalue weighted by molar-refractivity contribution is 5.79. The number of nitrogens with zero attached hydrogens (tertiary/aromatic N) is 1. The second kappa shape index (κ2) is 8.11. The number of hydrogen-bond donors (Lipinski definition) is 2. The number of carbonyl (C=O) groups excluding carboxylic acids is 1. The largest absolute Gasteiger partial charge is 0.480 e. The first-order chi connectivity index (χ1) is 11.0. The highest BCUT2D eigenvalue weighted by Gasteiger charge is 2.30. The van der Waals surface area contributed by atoms with Gasteiger partial charge in [-0.15, -0.1) is 0 Å². The molecule has 1 heterocycles. The van der Waals surface area contributed by atoms with E-state index in [4.69, 9.17) is 0 Å². The first kappa shape index (κ1) is 17.5. The van der Waals surface area contributed by atoms with Gasteiger partial charge in [-0.3, -0.25) is 14.5 Å². The van der Waals surface area contributed by atoms with E-state index in [1.807, 2.05) is 43.0 Å². The van der Waals surface area contributed by atoms with Gasteiger partial charge in [-0.25, -0.2) is 0 Å². The fraction of sp³-hybridized carbons (Fsp3) is 0.556. The van der Waals surface area contributed by atoms with Gasteiger partial charge in [-0.2, -0.15) is 0 Å². The van der Waals surface area contributed by atoms with Crippen molar-refractivity contribution in [3.63, 3.8) is 0 Å². The normalized spacial score (nSPS) is 17.7. The maximum atomic E-state index is 12.3. The summed E-state index contributed by atoms with van der Waals surface area (Å²) in [6.45, 7) is 5.82. The van der Waals surface area contributed by atoms with Crippen molar-refractivity contribution in [3.05, 3.63) is 35.4 Å². The molecule has 1 amide bonds. The molecule has 1 aliphatic rings. The van der Waals surface area contributed by atoms with Crippen LogP contribution in [-0.4, -0.2) is 41.0 Å². The number of rotatable bonds is 6. The molecule has 0 aliphatic carbocycles. The monoisotopic (exact) mass is 318 g/mol. The molecule has 5 heteroatoms. The summed E-state index contributed by atoms with van der Waals surface area (Å²) in [7, 11) is 0. The van der Waals surface area contributed by atoms with Crippen LogP contribution in [0.1, 0.15) is 37.3 Å². The fourth-order valence-corrected chi connectivity index (χ4v) is 3.10. The van der Waals surface area contributed by atoms with Gasteiger partial charge in [0.15, 0.2) is 0 Å². The van der Waals surface area contributed by atoms with Crippen molar-refractivity contribution in [3.8, 4) is 0 Å². The number of amides is 1. The zero-order valence-electron chi connectivity index (χ0n) is 13.9. The van der Waals surface area contributed by atoms with Crippen LogP contribution in [0.3, 0.4) is 0 Å². The SMILES string of the molecule is CCC(C(=O)O)N1CCC(C(=O)NCc2ccc(C)cc2)CC1. The van der Waals surface area contributed by atoms with Crippen LogP contribution >= 0.6 is 0 Å². The molecule has 1 aromatic rings. The van der Waals surface area contributed by atoms with Crippen molar-refractivity contribution in [1.82, 2.24) is 10.2 Å². The average Bonchev–Trinajstić information content (AvgIpc) is 2.55. The summed E-state index contributed by atoms with van der Waals surface area (Å²) >= 11 is 0. The Kier molecular flexibility index (Phi) is 6.16. The topological polar surface area (TPSA) is 69.6 Å². The summed E-state index contributed by atoms with van der Waals surface area (Å²) in [5.74, 6) is -0.702. The standard InChI is InChI=1S/C18H26N2O3/c1-3-16(18(22)23)20-10-8-15(9-11-20)17(21)19-12-14-6-4-13(2)5-7-14/h4-7,15-16H,3,8-12H2,1-2H3,(H,19,21)(H,22,23). The molecule has 1 saturated heterocycles. The smallest absolute Gasteiger partial charge is 0.320 e. The van der Waals surface area contributed by atoms with Gasteiger partial charge in [0.1, 0.15) is 6.04 Å². The Bertz CT molecular complexity index is 534. The molecule has 0 radical (unpaired) electrons. The zero-order valence-corrected chi connectivity index (χ0v) is 13.9. The molecule has 0 spiro atoms. The second-order valence-electron chi connectivity index (χ2n) is 6.28. The van der Waals surface area contributed by atoms with Crippen LogP contribution < -0.4 is 5.32 Å². The first-order valence-electron chi connectivity index (χ1n) is 8.31. The molecule has 23 heavy (non-hydrogen) atoms. The molecule has 0 bridgehead atoms. The molecular formula is C18H26N2O3. The molecule has 1 fully saturated rings. The van der Waals surface area contributed by atoms with Crippen molar-refractivity contribution >= 4 is 11.9 Å². The minimum Gasteiger partial charge on any atom is -0.480 e. The van der Waals surface area contributed by atoms with Crippen molar-refractivity contribution in [2.45, 2.75) is 45.7 Å². The van der Waals surface area contributed by atoms with Crippen molar-refractivity contribution in [2.75, 3.05) is 13.1 Å². The molecule has 2 N–H and O–H groups in total. The Morgan fingerprint density at radius 3 is 2.39 bits per heavy atom. The van der Waals surface area contributed by atoms with Crippen LogP contribution in [0.4, 0.5) is 0 Å². The molecule has 5 nitrogen and oxygen atoms in total. The van der Waals surface area contributed by atoms with Crippen LogP contribution in [0.25, 0.3) is 0 Å². The summed E-state index contributed by atoms with van der Waals surface area (Å²) in [6, 6.07) is 7.70. The van der Waals surface area contributed by atoms with Crippen molar-refractivity contribution in [1.29, 1.82) is 0 Å². The first-order valence-corrected chi connectivity index (χ1v) is 8.31. The maximum Gasteiger partial charge on any atom is 0.320 e. The number of carbonyl (C=O) groups is 2. The molecule has 126 valence electrons. The van der Waals surface area contributed by atoms with E-state index in [2.05, 4.69) is 5.32 Å². The molecule has 1 aromatic carbocycles. The van der Waals surface area contributed by atoms with Crippen molar-refractivity contribution < 1.29 is 14.7 Å². The van der Waals surface area contributed by atoms with Crippen LogP contribution in [0.15, 0.2) is 24.3 Å². The van der Waals surface area contributed by atoms with Gasteiger partial charge >= 0.3 is 5.97 Å². The van der Waals surface area contributed by atoms with E-state index in [1.165, 1.54) is 5.56 Å². The predicted octanol–water partition coefficient (Wildman–Crippen LogP) is 2.19. The van der Waals surface area contributed by atoms with E-state index >= 15 is 0 Å². The van der Waals surface area contributed by atoms with Gasteiger partial charge in [0.2, 0.25) is 5.91 Å². The van der Waals surface area contributed by atoms with Crippen LogP contribution in [0.5, 0.6) is 0 Å². The van der Waals surface area contributed by atoms with Crippen LogP contribution in [0.2, 0.25) is 0 Å².